The van der Waals surface area contributed by atoms with Gasteiger partial charge in [0.05, 0.1) is 0 Å². The van der Waals surface area contributed by atoms with Gasteiger partial charge in [-0.1, -0.05) is 48.5 Å². The van der Waals surface area contributed by atoms with Gasteiger partial charge < -0.3 is 15.1 Å². The van der Waals surface area contributed by atoms with E-state index in [2.05, 4.69) is 42.7 Å². The van der Waals surface area contributed by atoms with E-state index in [9.17, 15) is 15.0 Å². The van der Waals surface area contributed by atoms with Crippen LogP contribution in [0.25, 0.3) is 21.9 Å². The molecule has 3 aromatic carbocycles. The van der Waals surface area contributed by atoms with E-state index < -0.39 is 0 Å². The van der Waals surface area contributed by atoms with Gasteiger partial charge in [0.2, 0.25) is 0 Å². The van der Waals surface area contributed by atoms with Crippen LogP contribution >= 0.6 is 11.8 Å². The molecule has 1 heterocycles. The Balaban J connectivity index is 1.49. The minimum atomic E-state index is 0.0672. The van der Waals surface area contributed by atoms with Crippen LogP contribution in [0, 0.1) is 23.7 Å². The van der Waals surface area contributed by atoms with Gasteiger partial charge in [-0.25, -0.2) is 0 Å². The van der Waals surface area contributed by atoms with E-state index >= 15 is 0 Å². The normalized spacial score (nSPS) is 24.8. The number of likely N-dealkylation sites (tertiary alicyclic amines) is 1. The molecule has 166 valence electrons. The highest BCUT2D eigenvalue weighted by Crippen LogP contribution is 2.46. The molecule has 0 spiro atoms. The summed E-state index contributed by atoms with van der Waals surface area (Å²) in [6, 6.07) is 20.6. The molecule has 1 aliphatic carbocycles. The first-order valence-electron chi connectivity index (χ1n) is 11.3. The highest BCUT2D eigenvalue weighted by Gasteiger charge is 2.48. The number of thioether (sulfide) groups is 1. The van der Waals surface area contributed by atoms with Crippen molar-refractivity contribution in [3.05, 3.63) is 66.2 Å². The zero-order valence-electron chi connectivity index (χ0n) is 18.3. The topological polar surface area (TPSA) is 60.8 Å². The van der Waals surface area contributed by atoms with Gasteiger partial charge in [0, 0.05) is 36.8 Å². The van der Waals surface area contributed by atoms with Crippen molar-refractivity contribution in [2.45, 2.75) is 11.3 Å². The summed E-state index contributed by atoms with van der Waals surface area (Å²) >= 11 is 1.73. The van der Waals surface area contributed by atoms with Crippen LogP contribution in [0.15, 0.2) is 65.6 Å². The number of fused-ring (bicyclic) bond motifs is 2. The molecule has 0 bridgehead atoms. The Morgan fingerprint density at radius 3 is 2.44 bits per heavy atom. The summed E-state index contributed by atoms with van der Waals surface area (Å²) in [5.41, 5.74) is 3.07. The SMILES string of the molecule is CSc1ccccc1-c1ccc(C(=O)N2C[C@@H]3C[C@H](CO)[C@H](CO)[C@@H]3C2)c2ccccc12. The van der Waals surface area contributed by atoms with Gasteiger partial charge in [0.25, 0.3) is 5.91 Å². The van der Waals surface area contributed by atoms with Crippen molar-refractivity contribution in [1.82, 2.24) is 4.90 Å². The molecule has 1 saturated carbocycles. The zero-order chi connectivity index (χ0) is 22.2. The molecule has 1 amide bonds. The summed E-state index contributed by atoms with van der Waals surface area (Å²) in [7, 11) is 0. The number of nitrogens with zero attached hydrogens (tertiary/aromatic N) is 1. The van der Waals surface area contributed by atoms with Crippen LogP contribution in [0.3, 0.4) is 0 Å². The van der Waals surface area contributed by atoms with Crippen LogP contribution in [0.4, 0.5) is 0 Å². The Morgan fingerprint density at radius 1 is 0.938 bits per heavy atom. The third kappa shape index (κ3) is 3.53. The lowest BCUT2D eigenvalue weighted by molar-refractivity contribution is 0.0740. The van der Waals surface area contributed by atoms with E-state index in [4.69, 9.17) is 0 Å². The highest BCUT2D eigenvalue weighted by atomic mass is 32.2. The second-order valence-corrected chi connectivity index (χ2v) is 9.91. The Hall–Kier alpha value is -2.34. The summed E-state index contributed by atoms with van der Waals surface area (Å²) in [5, 5.41) is 21.6. The van der Waals surface area contributed by atoms with Crippen molar-refractivity contribution < 1.29 is 15.0 Å². The van der Waals surface area contributed by atoms with Gasteiger partial charge in [-0.3, -0.25) is 4.79 Å². The quantitative estimate of drug-likeness (QED) is 0.564. The third-order valence-corrected chi connectivity index (χ3v) is 8.33. The zero-order valence-corrected chi connectivity index (χ0v) is 19.1. The summed E-state index contributed by atoms with van der Waals surface area (Å²) in [6.45, 7) is 1.58. The Bertz CT molecular complexity index is 1150. The van der Waals surface area contributed by atoms with Crippen molar-refractivity contribution in [2.75, 3.05) is 32.6 Å². The number of rotatable bonds is 5. The Labute approximate surface area is 193 Å². The number of aliphatic hydroxyl groups is 2. The fraction of sp³-hybridized carbons (Fsp3) is 0.370. The maximum Gasteiger partial charge on any atom is 0.254 e. The molecule has 32 heavy (non-hydrogen) atoms. The molecule has 3 aromatic rings. The van der Waals surface area contributed by atoms with Crippen LogP contribution < -0.4 is 0 Å². The number of amides is 1. The lowest BCUT2D eigenvalue weighted by Gasteiger charge is -2.24. The van der Waals surface area contributed by atoms with Crippen molar-refractivity contribution >= 4 is 28.4 Å². The third-order valence-electron chi connectivity index (χ3n) is 7.54. The molecule has 1 saturated heterocycles. The average molecular weight is 448 g/mol. The largest absolute Gasteiger partial charge is 0.396 e. The van der Waals surface area contributed by atoms with Gasteiger partial charge >= 0.3 is 0 Å². The standard InChI is InChI=1S/C27H29NO3S/c1-32-26-9-5-4-8-22(26)21-10-11-23(20-7-3-2-6-19(20)21)27(31)28-13-17-12-18(15-29)25(16-30)24(17)14-28/h2-11,17-18,24-25,29-30H,12-16H2,1H3/t17-,18+,24+,25-/m0/s1. The van der Waals surface area contributed by atoms with Gasteiger partial charge in [-0.2, -0.15) is 0 Å². The molecule has 2 aliphatic rings. The van der Waals surface area contributed by atoms with E-state index in [0.717, 1.165) is 28.3 Å². The molecule has 4 nitrogen and oxygen atoms in total. The van der Waals surface area contributed by atoms with Crippen LogP contribution in [0.1, 0.15) is 16.8 Å². The summed E-state index contributed by atoms with van der Waals surface area (Å²) in [4.78, 5) is 16.8. The Kier molecular flexibility index (Phi) is 5.97. The number of benzene rings is 3. The van der Waals surface area contributed by atoms with E-state index in [1.165, 1.54) is 10.5 Å². The molecule has 4 atom stereocenters. The first-order valence-corrected chi connectivity index (χ1v) is 12.5. The molecule has 0 aromatic heterocycles. The fourth-order valence-electron chi connectivity index (χ4n) is 5.96. The number of aliphatic hydroxyl groups excluding tert-OH is 2. The Morgan fingerprint density at radius 2 is 1.69 bits per heavy atom. The molecule has 2 fully saturated rings. The lowest BCUT2D eigenvalue weighted by atomic mass is 9.89. The molecule has 5 rings (SSSR count). The molecular formula is C27H29NO3S. The molecule has 1 aliphatic heterocycles. The summed E-state index contributed by atoms with van der Waals surface area (Å²) in [5.74, 6) is 0.957. The minimum Gasteiger partial charge on any atom is -0.396 e. The molecule has 0 radical (unpaired) electrons. The van der Waals surface area contributed by atoms with Gasteiger partial charge in [0.15, 0.2) is 0 Å². The predicted molar refractivity (Wildman–Crippen MR) is 130 cm³/mol. The van der Waals surface area contributed by atoms with Gasteiger partial charge in [-0.05, 0) is 70.4 Å². The second kappa shape index (κ2) is 8.89. The number of carbonyl (C=O) groups excluding carboxylic acids is 1. The fourth-order valence-corrected chi connectivity index (χ4v) is 6.57. The van der Waals surface area contributed by atoms with E-state index in [-0.39, 0.29) is 36.9 Å². The summed E-state index contributed by atoms with van der Waals surface area (Å²) in [6.07, 6.45) is 2.98. The molecule has 2 N–H and O–H groups in total. The average Bonchev–Trinajstić information content (AvgIpc) is 3.40. The first kappa shape index (κ1) is 21.5. The van der Waals surface area contributed by atoms with Crippen molar-refractivity contribution in [3.63, 3.8) is 0 Å². The van der Waals surface area contributed by atoms with E-state index in [1.54, 1.807) is 11.8 Å². The number of hydrogen-bond acceptors (Lipinski definition) is 4. The van der Waals surface area contributed by atoms with E-state index in [1.807, 2.05) is 29.2 Å². The van der Waals surface area contributed by atoms with Crippen LogP contribution in [0.2, 0.25) is 0 Å². The molecular weight excluding hydrogens is 418 g/mol. The van der Waals surface area contributed by atoms with Crippen LogP contribution in [0.5, 0.6) is 0 Å². The first-order chi connectivity index (χ1) is 15.7. The van der Waals surface area contributed by atoms with Crippen LogP contribution in [-0.2, 0) is 0 Å². The van der Waals surface area contributed by atoms with Crippen molar-refractivity contribution in [2.24, 2.45) is 23.7 Å². The minimum absolute atomic E-state index is 0.0672. The lowest BCUT2D eigenvalue weighted by Crippen LogP contribution is -2.32. The van der Waals surface area contributed by atoms with Gasteiger partial charge in [-0.15, -0.1) is 11.8 Å². The van der Waals surface area contributed by atoms with Crippen molar-refractivity contribution in [3.8, 4) is 11.1 Å². The highest BCUT2D eigenvalue weighted by molar-refractivity contribution is 7.98. The maximum atomic E-state index is 13.6. The second-order valence-electron chi connectivity index (χ2n) is 9.07. The molecule has 5 heteroatoms. The predicted octanol–water partition coefficient (Wildman–Crippen LogP) is 4.54. The molecule has 0 unspecified atom stereocenters. The van der Waals surface area contributed by atoms with Gasteiger partial charge in [0.1, 0.15) is 0 Å². The number of hydrogen-bond donors (Lipinski definition) is 2. The van der Waals surface area contributed by atoms with Crippen LogP contribution in [-0.4, -0.2) is 53.6 Å². The monoisotopic (exact) mass is 447 g/mol. The maximum absolute atomic E-state index is 13.6. The number of carbonyl (C=O) groups is 1. The van der Waals surface area contributed by atoms with Crippen molar-refractivity contribution in [1.29, 1.82) is 0 Å². The van der Waals surface area contributed by atoms with E-state index in [0.29, 0.717) is 19.0 Å². The summed E-state index contributed by atoms with van der Waals surface area (Å²) < 4.78 is 0. The smallest absolute Gasteiger partial charge is 0.254 e.